The Bertz CT molecular complexity index is 1960. The first kappa shape index (κ1) is 39.4. The first-order valence-corrected chi connectivity index (χ1v) is 19.8. The number of aromatic nitrogens is 1. The molecule has 1 aromatic carbocycles. The Morgan fingerprint density at radius 3 is 2.61 bits per heavy atom. The Hall–Kier alpha value is -4.25. The molecule has 4 amide bonds. The second-order valence-corrected chi connectivity index (χ2v) is 17.8. The van der Waals surface area contributed by atoms with E-state index in [4.69, 9.17) is 21.1 Å². The molecule has 1 saturated heterocycles. The molecule has 0 bridgehead atoms. The van der Waals surface area contributed by atoms with Crippen molar-refractivity contribution >= 4 is 56.2 Å². The number of halogens is 3. The Labute approximate surface area is 316 Å². The molecule has 2 aliphatic carbocycles. The topological polar surface area (TPSA) is 193 Å². The first-order valence-electron chi connectivity index (χ1n) is 18.0. The van der Waals surface area contributed by atoms with Crippen molar-refractivity contribution in [2.75, 3.05) is 13.2 Å². The lowest BCUT2D eigenvalue weighted by Gasteiger charge is -2.32. The van der Waals surface area contributed by atoms with E-state index < -0.39 is 87.2 Å². The van der Waals surface area contributed by atoms with Gasteiger partial charge in [-0.05, 0) is 69.4 Å². The van der Waals surface area contributed by atoms with Crippen LogP contribution in [0.1, 0.15) is 65.7 Å². The molecule has 3 fully saturated rings. The summed E-state index contributed by atoms with van der Waals surface area (Å²) >= 11 is 6.43. The van der Waals surface area contributed by atoms with Gasteiger partial charge in [0.2, 0.25) is 33.6 Å². The molecule has 6 rings (SSSR count). The fourth-order valence-electron chi connectivity index (χ4n) is 7.39. The van der Waals surface area contributed by atoms with Crippen LogP contribution in [-0.4, -0.2) is 95.3 Å². The Kier molecular flexibility index (Phi) is 11.0. The third-order valence-corrected chi connectivity index (χ3v) is 13.4. The van der Waals surface area contributed by atoms with E-state index in [0.29, 0.717) is 42.9 Å². The summed E-state index contributed by atoms with van der Waals surface area (Å²) in [5, 5.41) is 15.9. The Morgan fingerprint density at radius 1 is 1.19 bits per heavy atom. The summed E-state index contributed by atoms with van der Waals surface area (Å²) in [7, 11) is -4.06. The molecule has 4 N–H and O–H groups in total. The maximum Gasteiger partial charge on any atom is 0.405 e. The number of rotatable bonds is 9. The molecule has 7 atom stereocenters. The van der Waals surface area contributed by atoms with E-state index in [1.807, 2.05) is 13.0 Å². The maximum atomic E-state index is 14.4. The lowest BCUT2D eigenvalue weighted by atomic mass is 9.88. The van der Waals surface area contributed by atoms with Crippen LogP contribution in [0, 0.1) is 17.8 Å². The molecule has 1 aromatic heterocycles. The lowest BCUT2D eigenvalue weighted by Crippen LogP contribution is -2.59. The minimum Gasteiger partial charge on any atom is -0.472 e. The molecule has 4 aliphatic rings. The molecule has 0 spiro atoms. The van der Waals surface area contributed by atoms with Crippen molar-refractivity contribution in [1.29, 1.82) is 0 Å². The molecule has 2 aromatic rings. The number of carbonyl (C=O) groups excluding carboxylic acids is 3. The first-order chi connectivity index (χ1) is 25.4. The third-order valence-electron chi connectivity index (χ3n) is 10.9. The number of ether oxygens (including phenoxy) is 2. The predicted molar refractivity (Wildman–Crippen MR) is 193 cm³/mol. The summed E-state index contributed by atoms with van der Waals surface area (Å²) in [6.45, 7) is 4.11. The van der Waals surface area contributed by atoms with Crippen molar-refractivity contribution in [3.63, 3.8) is 0 Å². The van der Waals surface area contributed by atoms with E-state index in [0.717, 1.165) is 0 Å². The Balaban J connectivity index is 1.35. The molecule has 18 heteroatoms. The molecule has 3 heterocycles. The lowest BCUT2D eigenvalue weighted by molar-refractivity contribution is -0.142. The molecule has 2 unspecified atom stereocenters. The number of carbonyl (C=O) groups is 4. The van der Waals surface area contributed by atoms with Crippen LogP contribution in [0.4, 0.5) is 13.6 Å². The monoisotopic (exact) mass is 795 g/mol. The fraction of sp³-hybridized carbons (Fsp3) is 0.583. The second kappa shape index (κ2) is 15.1. The summed E-state index contributed by atoms with van der Waals surface area (Å²) in [5.41, 5.74) is -1.62. The average Bonchev–Trinajstić information content (AvgIpc) is 3.98. The summed E-state index contributed by atoms with van der Waals surface area (Å²) in [4.78, 5) is 60.0. The highest BCUT2D eigenvalue weighted by Crippen LogP contribution is 2.47. The molecular formula is C36H44ClF2N5O9S. The number of pyridine rings is 1. The standard InChI is InChI=1S/C36H44ClF2N5O9S/c1-19-7-4-5-8-21-16-36(21,33(47)43-54(50,51)35(3)11-12-35)42-30(45)26-14-22(17-44(26)32(46)29(20(2)13-19)41-34(48)49)53-31-23-9-6-10-25(37)24(23)15-28(40-31)52-18-27(38)39/h5-6,8-10,15,19-22,26-27,29,41H,4,7,11-14,16-18H2,1-3H3,(H,42,45)(H,43,47)(H,48,49)/b8-5-/t19-,20+,21?,22+,26-,29-,36?/m0/s1. The number of nitrogens with zero attached hydrogens (tertiary/aromatic N) is 2. The number of nitrogens with one attached hydrogen (secondary N) is 3. The van der Waals surface area contributed by atoms with Crippen LogP contribution in [0.15, 0.2) is 36.4 Å². The molecule has 294 valence electrons. The van der Waals surface area contributed by atoms with E-state index in [2.05, 4.69) is 20.3 Å². The van der Waals surface area contributed by atoms with Gasteiger partial charge in [0.05, 0.1) is 11.3 Å². The van der Waals surface area contributed by atoms with E-state index in [1.165, 1.54) is 17.9 Å². The van der Waals surface area contributed by atoms with Gasteiger partial charge >= 0.3 is 6.09 Å². The maximum absolute atomic E-state index is 14.4. The zero-order valence-electron chi connectivity index (χ0n) is 30.0. The van der Waals surface area contributed by atoms with Gasteiger partial charge in [0.1, 0.15) is 23.7 Å². The molecule has 54 heavy (non-hydrogen) atoms. The minimum atomic E-state index is -4.06. The number of alkyl halides is 2. The van der Waals surface area contributed by atoms with Crippen molar-refractivity contribution in [1.82, 2.24) is 25.2 Å². The van der Waals surface area contributed by atoms with Gasteiger partial charge in [0, 0.05) is 34.2 Å². The predicted octanol–water partition coefficient (Wildman–Crippen LogP) is 4.40. The van der Waals surface area contributed by atoms with Gasteiger partial charge in [-0.15, -0.1) is 0 Å². The van der Waals surface area contributed by atoms with Crippen molar-refractivity contribution < 1.29 is 51.0 Å². The van der Waals surface area contributed by atoms with Gasteiger partial charge in [-0.1, -0.05) is 43.7 Å². The highest BCUT2D eigenvalue weighted by molar-refractivity contribution is 7.91. The van der Waals surface area contributed by atoms with Crippen molar-refractivity contribution in [2.24, 2.45) is 17.8 Å². The smallest absolute Gasteiger partial charge is 0.405 e. The summed E-state index contributed by atoms with van der Waals surface area (Å²) in [5.74, 6) is -3.56. The normalized spacial score (nSPS) is 30.2. The molecule has 0 radical (unpaired) electrons. The van der Waals surface area contributed by atoms with Gasteiger partial charge in [-0.2, -0.15) is 4.98 Å². The Morgan fingerprint density at radius 2 is 1.93 bits per heavy atom. The number of amides is 4. The van der Waals surface area contributed by atoms with Gasteiger partial charge < -0.3 is 30.1 Å². The van der Waals surface area contributed by atoms with Gasteiger partial charge in [-0.3, -0.25) is 19.1 Å². The summed E-state index contributed by atoms with van der Waals surface area (Å²) in [6.07, 6.45) is 1.02. The van der Waals surface area contributed by atoms with Crippen LogP contribution in [0.3, 0.4) is 0 Å². The molecule has 2 saturated carbocycles. The van der Waals surface area contributed by atoms with Crippen LogP contribution >= 0.6 is 11.6 Å². The van der Waals surface area contributed by atoms with Crippen molar-refractivity contribution in [2.45, 2.75) is 101 Å². The van der Waals surface area contributed by atoms with Crippen molar-refractivity contribution in [3.8, 4) is 11.8 Å². The summed E-state index contributed by atoms with van der Waals surface area (Å²) in [6, 6.07) is 3.70. The number of allylic oxidation sites excluding steroid dienone is 1. The van der Waals surface area contributed by atoms with Gasteiger partial charge in [0.25, 0.3) is 12.3 Å². The molecular weight excluding hydrogens is 752 g/mol. The SMILES string of the molecule is C[C@H]1CC/C=C\C2CC2(C(=O)NS(=O)(=O)C2(C)CC2)NC(=O)[C@@H]2C[C@@H](Oc3nc(OCC(F)F)cc4c(Cl)cccc34)CN2C(=O)[C@@H](NC(=O)O)[C@H](C)C1. The fourth-order valence-corrected chi connectivity index (χ4v) is 8.93. The summed E-state index contributed by atoms with van der Waals surface area (Å²) < 4.78 is 64.9. The van der Waals surface area contributed by atoms with Crippen molar-refractivity contribution in [3.05, 3.63) is 41.4 Å². The molecule has 14 nitrogen and oxygen atoms in total. The number of carboxylic acid groups (broad SMARTS) is 1. The highest BCUT2D eigenvalue weighted by Gasteiger charge is 2.63. The number of sulfonamides is 1. The largest absolute Gasteiger partial charge is 0.472 e. The van der Waals surface area contributed by atoms with E-state index in [9.17, 15) is 41.5 Å². The number of benzene rings is 1. The van der Waals surface area contributed by atoms with E-state index in [-0.39, 0.29) is 42.1 Å². The second-order valence-electron chi connectivity index (χ2n) is 15.2. The highest BCUT2D eigenvalue weighted by atomic mass is 35.5. The van der Waals surface area contributed by atoms with Gasteiger partial charge in [0.15, 0.2) is 6.61 Å². The van der Waals surface area contributed by atoms with E-state index >= 15 is 0 Å². The minimum absolute atomic E-state index is 0.0633. The number of fused-ring (bicyclic) bond motifs is 3. The zero-order valence-corrected chi connectivity index (χ0v) is 31.6. The molecule has 2 aliphatic heterocycles. The number of hydrogen-bond acceptors (Lipinski definition) is 9. The van der Waals surface area contributed by atoms with Crippen LogP contribution in [0.5, 0.6) is 11.8 Å². The third kappa shape index (κ3) is 8.21. The van der Waals surface area contributed by atoms with Crippen LogP contribution < -0.4 is 24.8 Å². The average molecular weight is 796 g/mol. The van der Waals surface area contributed by atoms with Crippen LogP contribution in [0.2, 0.25) is 5.02 Å². The zero-order chi connectivity index (χ0) is 39.2. The van der Waals surface area contributed by atoms with Crippen LogP contribution in [-0.2, 0) is 24.4 Å². The number of hydrogen-bond donors (Lipinski definition) is 4. The van der Waals surface area contributed by atoms with Crippen LogP contribution in [0.25, 0.3) is 10.8 Å². The van der Waals surface area contributed by atoms with E-state index in [1.54, 1.807) is 31.2 Å². The van der Waals surface area contributed by atoms with Gasteiger partial charge in [-0.25, -0.2) is 22.0 Å². The quantitative estimate of drug-likeness (QED) is 0.265.